The summed E-state index contributed by atoms with van der Waals surface area (Å²) < 4.78 is 2.12. The monoisotopic (exact) mass is 298 g/mol. The van der Waals surface area contributed by atoms with E-state index in [0.29, 0.717) is 12.1 Å². The van der Waals surface area contributed by atoms with E-state index in [9.17, 15) is 0 Å². The maximum absolute atomic E-state index is 8.62. The van der Waals surface area contributed by atoms with E-state index in [0.717, 1.165) is 5.56 Å². The van der Waals surface area contributed by atoms with Crippen LogP contribution in [0.1, 0.15) is 11.1 Å². The van der Waals surface area contributed by atoms with Gasteiger partial charge in [0.15, 0.2) is 0 Å². The predicted octanol–water partition coefficient (Wildman–Crippen LogP) is 4.94. The summed E-state index contributed by atoms with van der Waals surface area (Å²) in [6.45, 7) is 0. The third-order valence-corrected chi connectivity index (χ3v) is 4.43. The van der Waals surface area contributed by atoms with Crippen molar-refractivity contribution in [3.8, 4) is 0 Å². The van der Waals surface area contributed by atoms with E-state index in [2.05, 4.69) is 66.3 Å². The number of nitrogens with one attached hydrogen (secondary N) is 1. The zero-order valence-electron chi connectivity index (χ0n) is 13.1. The van der Waals surface area contributed by atoms with Crippen LogP contribution in [-0.4, -0.2) is 10.3 Å². The van der Waals surface area contributed by atoms with Crippen molar-refractivity contribution in [3.05, 3.63) is 84.1 Å². The Balaban J connectivity index is 1.89. The lowest BCUT2D eigenvalue weighted by Gasteiger charge is -2.06. The molecule has 4 aromatic rings. The van der Waals surface area contributed by atoms with Crippen LogP contribution in [0.4, 0.5) is 0 Å². The Kier molecular flexibility index (Phi) is 3.23. The van der Waals surface area contributed by atoms with Crippen molar-refractivity contribution in [2.45, 2.75) is 6.42 Å². The largest absolute Gasteiger partial charge is 0.350 e. The Hall–Kier alpha value is -2.87. The van der Waals surface area contributed by atoms with Gasteiger partial charge in [0.05, 0.1) is 0 Å². The van der Waals surface area contributed by atoms with E-state index >= 15 is 0 Å². The van der Waals surface area contributed by atoms with E-state index in [4.69, 9.17) is 5.41 Å². The van der Waals surface area contributed by atoms with Crippen LogP contribution in [0, 0.1) is 5.41 Å². The first-order valence-electron chi connectivity index (χ1n) is 7.82. The highest BCUT2D eigenvalue weighted by molar-refractivity contribution is 6.19. The Morgan fingerprint density at radius 1 is 0.913 bits per heavy atom. The van der Waals surface area contributed by atoms with E-state index in [-0.39, 0.29) is 0 Å². The quantitative estimate of drug-likeness (QED) is 0.519. The summed E-state index contributed by atoms with van der Waals surface area (Å²) in [7, 11) is 2.05. The lowest BCUT2D eigenvalue weighted by Crippen LogP contribution is -2.03. The summed E-state index contributed by atoms with van der Waals surface area (Å²) in [4.78, 5) is 0. The van der Waals surface area contributed by atoms with Gasteiger partial charge < -0.3 is 9.98 Å². The summed E-state index contributed by atoms with van der Waals surface area (Å²) >= 11 is 0. The summed E-state index contributed by atoms with van der Waals surface area (Å²) in [5, 5.41) is 12.3. The zero-order valence-corrected chi connectivity index (χ0v) is 13.1. The molecule has 0 unspecified atom stereocenters. The van der Waals surface area contributed by atoms with Crippen molar-refractivity contribution >= 4 is 27.4 Å². The number of hydrogen-bond acceptors (Lipinski definition) is 1. The van der Waals surface area contributed by atoms with Gasteiger partial charge in [-0.15, -0.1) is 0 Å². The second kappa shape index (κ2) is 5.40. The number of aryl methyl sites for hydroxylation is 1. The highest BCUT2D eigenvalue weighted by atomic mass is 14.9. The van der Waals surface area contributed by atoms with Crippen LogP contribution in [0.25, 0.3) is 21.7 Å². The molecule has 0 fully saturated rings. The van der Waals surface area contributed by atoms with Gasteiger partial charge in [-0.05, 0) is 22.4 Å². The second-order valence-electron chi connectivity index (χ2n) is 5.98. The minimum atomic E-state index is 0.656. The zero-order chi connectivity index (χ0) is 15.8. The molecule has 2 heteroatoms. The van der Waals surface area contributed by atoms with Crippen molar-refractivity contribution in [3.63, 3.8) is 0 Å². The van der Waals surface area contributed by atoms with Crippen LogP contribution in [-0.2, 0) is 13.5 Å². The molecular weight excluding hydrogens is 280 g/mol. The van der Waals surface area contributed by atoms with Crippen LogP contribution in [0.2, 0.25) is 0 Å². The summed E-state index contributed by atoms with van der Waals surface area (Å²) in [6.07, 6.45) is 2.74. The van der Waals surface area contributed by atoms with Crippen LogP contribution in [0.5, 0.6) is 0 Å². The highest BCUT2D eigenvalue weighted by Gasteiger charge is 2.14. The molecule has 0 aliphatic rings. The van der Waals surface area contributed by atoms with E-state index in [1.807, 2.05) is 18.2 Å². The van der Waals surface area contributed by atoms with Gasteiger partial charge in [-0.25, -0.2) is 0 Å². The molecule has 0 aliphatic carbocycles. The number of benzene rings is 3. The van der Waals surface area contributed by atoms with Gasteiger partial charge in [-0.2, -0.15) is 0 Å². The van der Waals surface area contributed by atoms with Crippen LogP contribution in [0.15, 0.2) is 72.9 Å². The average molecular weight is 298 g/mol. The molecule has 0 spiro atoms. The number of fused-ring (bicyclic) bond motifs is 3. The van der Waals surface area contributed by atoms with Crippen molar-refractivity contribution < 1.29 is 0 Å². The smallest absolute Gasteiger partial charge is 0.0491 e. The first kappa shape index (κ1) is 13.8. The molecule has 1 heterocycles. The molecule has 0 saturated heterocycles. The average Bonchev–Trinajstić information content (AvgIpc) is 2.93. The molecule has 1 aromatic heterocycles. The van der Waals surface area contributed by atoms with E-state index < -0.39 is 0 Å². The fourth-order valence-electron chi connectivity index (χ4n) is 3.29. The minimum Gasteiger partial charge on any atom is -0.350 e. The van der Waals surface area contributed by atoms with Crippen molar-refractivity contribution in [1.29, 1.82) is 5.41 Å². The number of nitrogens with zero attached hydrogens (tertiary/aromatic N) is 1. The lowest BCUT2D eigenvalue weighted by atomic mass is 9.98. The molecule has 0 aliphatic heterocycles. The molecule has 0 amide bonds. The van der Waals surface area contributed by atoms with Gasteiger partial charge in [0.1, 0.15) is 0 Å². The fraction of sp³-hybridized carbons (Fsp3) is 0.0952. The normalized spacial score (nSPS) is 11.2. The lowest BCUT2D eigenvalue weighted by molar-refractivity contribution is 0.967. The van der Waals surface area contributed by atoms with Crippen LogP contribution < -0.4 is 0 Å². The Labute approximate surface area is 135 Å². The molecular formula is C21H18N2. The maximum atomic E-state index is 8.62. The number of aromatic nitrogens is 1. The standard InChI is InChI=1S/C21H18N2/c1-23-14-18(19(22)13-15-7-3-2-4-8-15)21-17-10-6-5-9-16(17)11-12-20(21)23/h2-12,14,22H,13H2,1H3. The minimum absolute atomic E-state index is 0.656. The topological polar surface area (TPSA) is 28.8 Å². The van der Waals surface area contributed by atoms with Crippen molar-refractivity contribution in [1.82, 2.24) is 4.57 Å². The van der Waals surface area contributed by atoms with Crippen molar-refractivity contribution in [2.24, 2.45) is 7.05 Å². The number of hydrogen-bond donors (Lipinski definition) is 1. The molecule has 0 atom stereocenters. The first-order valence-corrected chi connectivity index (χ1v) is 7.82. The van der Waals surface area contributed by atoms with Gasteiger partial charge in [0.25, 0.3) is 0 Å². The summed E-state index contributed by atoms with van der Waals surface area (Å²) in [5.41, 5.74) is 4.05. The van der Waals surface area contributed by atoms with Gasteiger partial charge in [-0.3, -0.25) is 0 Å². The summed E-state index contributed by atoms with van der Waals surface area (Å²) in [6, 6.07) is 22.9. The predicted molar refractivity (Wildman–Crippen MR) is 97.4 cm³/mol. The Bertz CT molecular complexity index is 1010. The Morgan fingerprint density at radius 2 is 1.65 bits per heavy atom. The molecule has 112 valence electrons. The molecule has 0 bridgehead atoms. The molecule has 2 nitrogen and oxygen atoms in total. The molecule has 23 heavy (non-hydrogen) atoms. The van der Waals surface area contributed by atoms with Crippen molar-refractivity contribution in [2.75, 3.05) is 0 Å². The molecule has 4 rings (SSSR count). The first-order chi connectivity index (χ1) is 11.2. The maximum Gasteiger partial charge on any atom is 0.0491 e. The molecule has 1 N–H and O–H groups in total. The fourth-order valence-corrected chi connectivity index (χ4v) is 3.29. The molecule has 0 radical (unpaired) electrons. The number of rotatable bonds is 3. The third kappa shape index (κ3) is 2.33. The van der Waals surface area contributed by atoms with E-state index in [1.54, 1.807) is 0 Å². The van der Waals surface area contributed by atoms with Gasteiger partial charge >= 0.3 is 0 Å². The third-order valence-electron chi connectivity index (χ3n) is 4.43. The SMILES string of the molecule is Cn1cc(C(=N)Cc2ccccc2)c2c3ccccc3ccc21. The van der Waals surface area contributed by atoms with Gasteiger partial charge in [-0.1, -0.05) is 60.7 Å². The van der Waals surface area contributed by atoms with Crippen LogP contribution >= 0.6 is 0 Å². The van der Waals surface area contributed by atoms with Gasteiger partial charge in [0, 0.05) is 41.8 Å². The molecule has 0 saturated carbocycles. The second-order valence-corrected chi connectivity index (χ2v) is 5.98. The Morgan fingerprint density at radius 3 is 2.48 bits per heavy atom. The highest BCUT2D eigenvalue weighted by Crippen LogP contribution is 2.30. The van der Waals surface area contributed by atoms with Gasteiger partial charge in [0.2, 0.25) is 0 Å². The van der Waals surface area contributed by atoms with E-state index in [1.165, 1.54) is 27.2 Å². The summed E-state index contributed by atoms with van der Waals surface area (Å²) in [5.74, 6) is 0. The van der Waals surface area contributed by atoms with Crippen LogP contribution in [0.3, 0.4) is 0 Å². The molecule has 3 aromatic carbocycles.